The topological polar surface area (TPSA) is 75.5 Å². The number of hydrogen-bond acceptors (Lipinski definition) is 5. The van der Waals surface area contributed by atoms with E-state index in [9.17, 15) is 4.79 Å². The van der Waals surface area contributed by atoms with Crippen molar-refractivity contribution in [1.29, 1.82) is 0 Å². The predicted octanol–water partition coefficient (Wildman–Crippen LogP) is 0.260. The molecule has 0 unspecified atom stereocenters. The molecule has 2 atom stereocenters. The first kappa shape index (κ1) is 11.8. The van der Waals surface area contributed by atoms with Gasteiger partial charge in [0.05, 0.1) is 12.5 Å². The van der Waals surface area contributed by atoms with Crippen LogP contribution in [0.4, 0.5) is 5.95 Å². The van der Waals surface area contributed by atoms with Crippen LogP contribution in [-0.4, -0.2) is 47.8 Å². The smallest absolute Gasteiger partial charge is 0.308 e. The van der Waals surface area contributed by atoms with Crippen LogP contribution in [0.25, 0.3) is 0 Å². The second kappa shape index (κ2) is 5.09. The van der Waals surface area contributed by atoms with Gasteiger partial charge in [-0.2, -0.15) is 0 Å². The summed E-state index contributed by atoms with van der Waals surface area (Å²) in [7, 11) is 1.58. The Hall–Kier alpha value is -1.69. The summed E-state index contributed by atoms with van der Waals surface area (Å²) < 4.78 is 5.06. The van der Waals surface area contributed by atoms with Crippen LogP contribution in [0.5, 0.6) is 0 Å². The Labute approximate surface area is 99.2 Å². The van der Waals surface area contributed by atoms with E-state index in [0.717, 1.165) is 0 Å². The number of ether oxygens (including phenoxy) is 1. The molecule has 0 saturated carbocycles. The number of carboxylic acid groups (broad SMARTS) is 1. The first-order valence-corrected chi connectivity index (χ1v) is 5.46. The van der Waals surface area contributed by atoms with Crippen molar-refractivity contribution in [2.45, 2.75) is 0 Å². The van der Waals surface area contributed by atoms with Crippen LogP contribution in [-0.2, 0) is 9.53 Å². The maximum Gasteiger partial charge on any atom is 0.308 e. The highest BCUT2D eigenvalue weighted by Crippen LogP contribution is 2.26. The Morgan fingerprint density at radius 2 is 2.24 bits per heavy atom. The summed E-state index contributed by atoms with van der Waals surface area (Å²) in [4.78, 5) is 21.3. The number of aromatic nitrogens is 2. The minimum absolute atomic E-state index is 0.0127. The molecule has 0 spiro atoms. The summed E-state index contributed by atoms with van der Waals surface area (Å²) in [5, 5.41) is 9.15. The van der Waals surface area contributed by atoms with Gasteiger partial charge in [-0.25, -0.2) is 9.97 Å². The molecule has 17 heavy (non-hydrogen) atoms. The van der Waals surface area contributed by atoms with Crippen molar-refractivity contribution in [3.63, 3.8) is 0 Å². The van der Waals surface area contributed by atoms with Crippen LogP contribution in [0.1, 0.15) is 0 Å². The van der Waals surface area contributed by atoms with E-state index in [0.29, 0.717) is 25.6 Å². The molecule has 1 aliphatic heterocycles. The molecule has 1 fully saturated rings. The van der Waals surface area contributed by atoms with Crippen LogP contribution >= 0.6 is 0 Å². The molecule has 6 nitrogen and oxygen atoms in total. The van der Waals surface area contributed by atoms with Gasteiger partial charge >= 0.3 is 5.97 Å². The van der Waals surface area contributed by atoms with E-state index in [1.165, 1.54) is 0 Å². The quantitative estimate of drug-likeness (QED) is 0.809. The zero-order chi connectivity index (χ0) is 12.3. The summed E-state index contributed by atoms with van der Waals surface area (Å²) in [5.74, 6) is -0.636. The van der Waals surface area contributed by atoms with E-state index in [4.69, 9.17) is 9.84 Å². The van der Waals surface area contributed by atoms with E-state index in [1.54, 1.807) is 25.6 Å². The van der Waals surface area contributed by atoms with Gasteiger partial charge < -0.3 is 14.7 Å². The Bertz CT molecular complexity index is 385. The molecular weight excluding hydrogens is 222 g/mol. The standard InChI is InChI=1S/C11H15N3O3/c1-17-7-8-5-14(6-9(8)10(15)16)11-12-3-2-4-13-11/h2-4,8-9H,5-7H2,1H3,(H,15,16)/t8-,9+/m0/s1. The lowest BCUT2D eigenvalue weighted by Crippen LogP contribution is -2.25. The van der Waals surface area contributed by atoms with Gasteiger partial charge in [0.25, 0.3) is 0 Å². The second-order valence-corrected chi connectivity index (χ2v) is 4.11. The largest absolute Gasteiger partial charge is 0.481 e. The molecule has 1 aromatic rings. The summed E-state index contributed by atoms with van der Waals surface area (Å²) >= 11 is 0. The van der Waals surface area contributed by atoms with Crippen LogP contribution in [0.15, 0.2) is 18.5 Å². The number of carbonyl (C=O) groups is 1. The number of carboxylic acids is 1. The second-order valence-electron chi connectivity index (χ2n) is 4.11. The number of aliphatic carboxylic acids is 1. The monoisotopic (exact) mass is 237 g/mol. The van der Waals surface area contributed by atoms with Gasteiger partial charge in [-0.3, -0.25) is 4.79 Å². The Morgan fingerprint density at radius 3 is 2.82 bits per heavy atom. The first-order chi connectivity index (χ1) is 8.22. The number of hydrogen-bond donors (Lipinski definition) is 1. The molecule has 0 aliphatic carbocycles. The fraction of sp³-hybridized carbons (Fsp3) is 0.545. The van der Waals surface area contributed by atoms with Crippen molar-refractivity contribution < 1.29 is 14.6 Å². The maximum atomic E-state index is 11.1. The van der Waals surface area contributed by atoms with E-state index in [2.05, 4.69) is 9.97 Å². The minimum atomic E-state index is -0.787. The van der Waals surface area contributed by atoms with E-state index >= 15 is 0 Å². The summed E-state index contributed by atoms with van der Waals surface area (Å²) in [6.07, 6.45) is 3.31. The van der Waals surface area contributed by atoms with Gasteiger partial charge in [0.15, 0.2) is 0 Å². The summed E-state index contributed by atoms with van der Waals surface area (Å²) in [5.41, 5.74) is 0. The highest BCUT2D eigenvalue weighted by atomic mass is 16.5. The van der Waals surface area contributed by atoms with Gasteiger partial charge in [-0.15, -0.1) is 0 Å². The third kappa shape index (κ3) is 2.52. The molecule has 2 rings (SSSR count). The van der Waals surface area contributed by atoms with Crippen molar-refractivity contribution in [2.75, 3.05) is 31.7 Å². The molecule has 1 N–H and O–H groups in total. The lowest BCUT2D eigenvalue weighted by Gasteiger charge is -2.14. The van der Waals surface area contributed by atoms with Crippen molar-refractivity contribution >= 4 is 11.9 Å². The van der Waals surface area contributed by atoms with Crippen molar-refractivity contribution in [2.24, 2.45) is 11.8 Å². The average molecular weight is 237 g/mol. The molecule has 1 saturated heterocycles. The fourth-order valence-corrected chi connectivity index (χ4v) is 2.15. The number of rotatable bonds is 4. The molecule has 92 valence electrons. The van der Waals surface area contributed by atoms with E-state index in [-0.39, 0.29) is 5.92 Å². The van der Waals surface area contributed by atoms with Crippen molar-refractivity contribution in [1.82, 2.24) is 9.97 Å². The van der Waals surface area contributed by atoms with Gasteiger partial charge in [0.2, 0.25) is 5.95 Å². The van der Waals surface area contributed by atoms with Gasteiger partial charge in [0.1, 0.15) is 0 Å². The van der Waals surface area contributed by atoms with Crippen LogP contribution < -0.4 is 4.90 Å². The molecule has 0 bridgehead atoms. The normalized spacial score (nSPS) is 23.9. The van der Waals surface area contributed by atoms with Crippen LogP contribution in [0.2, 0.25) is 0 Å². The van der Waals surface area contributed by atoms with Gasteiger partial charge in [-0.05, 0) is 6.07 Å². The highest BCUT2D eigenvalue weighted by molar-refractivity contribution is 5.72. The van der Waals surface area contributed by atoms with Crippen LogP contribution in [0.3, 0.4) is 0 Å². The first-order valence-electron chi connectivity index (χ1n) is 5.46. The van der Waals surface area contributed by atoms with Crippen molar-refractivity contribution in [3.05, 3.63) is 18.5 Å². The Kier molecular flexibility index (Phi) is 3.53. The lowest BCUT2D eigenvalue weighted by molar-refractivity contribution is -0.142. The molecule has 1 aromatic heterocycles. The number of nitrogens with zero attached hydrogens (tertiary/aromatic N) is 3. The molecule has 0 radical (unpaired) electrons. The van der Waals surface area contributed by atoms with Gasteiger partial charge in [-0.1, -0.05) is 0 Å². The zero-order valence-electron chi connectivity index (χ0n) is 9.61. The highest BCUT2D eigenvalue weighted by Gasteiger charge is 2.38. The maximum absolute atomic E-state index is 11.1. The zero-order valence-corrected chi connectivity index (χ0v) is 9.61. The van der Waals surface area contributed by atoms with E-state index < -0.39 is 11.9 Å². The third-order valence-corrected chi connectivity index (χ3v) is 2.97. The minimum Gasteiger partial charge on any atom is -0.481 e. The summed E-state index contributed by atoms with van der Waals surface area (Å²) in [6, 6.07) is 1.74. The average Bonchev–Trinajstić information content (AvgIpc) is 2.75. The van der Waals surface area contributed by atoms with Crippen molar-refractivity contribution in [3.8, 4) is 0 Å². The SMILES string of the molecule is COC[C@@H]1CN(c2ncccn2)C[C@H]1C(=O)O. The number of anilines is 1. The molecule has 6 heteroatoms. The van der Waals surface area contributed by atoms with Crippen LogP contribution in [0, 0.1) is 11.8 Å². The van der Waals surface area contributed by atoms with Gasteiger partial charge in [0, 0.05) is 38.5 Å². The fourth-order valence-electron chi connectivity index (χ4n) is 2.15. The molecule has 0 aromatic carbocycles. The third-order valence-electron chi connectivity index (χ3n) is 2.97. The Morgan fingerprint density at radius 1 is 1.53 bits per heavy atom. The predicted molar refractivity (Wildman–Crippen MR) is 60.7 cm³/mol. The molecule has 1 aliphatic rings. The molecule has 2 heterocycles. The Balaban J connectivity index is 2.11. The summed E-state index contributed by atoms with van der Waals surface area (Å²) in [6.45, 7) is 1.50. The number of methoxy groups -OCH3 is 1. The molecular formula is C11H15N3O3. The molecule has 0 amide bonds. The van der Waals surface area contributed by atoms with E-state index in [1.807, 2.05) is 4.90 Å². The lowest BCUT2D eigenvalue weighted by atomic mass is 9.97.